The number of aliphatic carboxylic acids is 2. The number of sulfonamides is 1. The van der Waals surface area contributed by atoms with Crippen LogP contribution in [0.3, 0.4) is 0 Å². The van der Waals surface area contributed by atoms with Gasteiger partial charge >= 0.3 is 11.9 Å². The number of carboxylic acids is 2. The van der Waals surface area contributed by atoms with Gasteiger partial charge in [0.2, 0.25) is 10.0 Å². The van der Waals surface area contributed by atoms with Crippen molar-refractivity contribution in [2.45, 2.75) is 17.9 Å². The van der Waals surface area contributed by atoms with E-state index >= 15 is 0 Å². The monoisotopic (exact) mass is 299 g/mol. The van der Waals surface area contributed by atoms with E-state index in [1.165, 1.54) is 37.3 Å². The summed E-state index contributed by atoms with van der Waals surface area (Å²) in [4.78, 5) is 20.9. The van der Waals surface area contributed by atoms with Crippen LogP contribution in [0, 0.1) is 0 Å². The normalized spacial score (nSPS) is 13.2. The molecule has 0 aliphatic heterocycles. The number of hydrogen-bond acceptors (Lipinski definition) is 4. The summed E-state index contributed by atoms with van der Waals surface area (Å²) in [7, 11) is -3.92. The van der Waals surface area contributed by atoms with Crippen LogP contribution < -0.4 is 4.72 Å². The minimum Gasteiger partial charge on any atom is -0.480 e. The van der Waals surface area contributed by atoms with Crippen LogP contribution in [0.4, 0.5) is 0 Å². The Morgan fingerprint density at radius 3 is 2.20 bits per heavy atom. The van der Waals surface area contributed by atoms with Gasteiger partial charge in [0.25, 0.3) is 0 Å². The summed E-state index contributed by atoms with van der Waals surface area (Å²) < 4.78 is 25.7. The molecule has 0 fully saturated rings. The van der Waals surface area contributed by atoms with Crippen LogP contribution >= 0.6 is 0 Å². The lowest BCUT2D eigenvalue weighted by atomic mass is 10.2. The van der Waals surface area contributed by atoms with Gasteiger partial charge in [-0.25, -0.2) is 13.2 Å². The first-order valence-corrected chi connectivity index (χ1v) is 6.97. The van der Waals surface area contributed by atoms with Crippen LogP contribution in [0.5, 0.6) is 0 Å². The molecule has 0 radical (unpaired) electrons. The lowest BCUT2D eigenvalue weighted by molar-refractivity contribution is -0.138. The molecule has 0 heterocycles. The fraction of sp³-hybridized carbons (Fsp3) is 0.167. The third kappa shape index (κ3) is 4.48. The van der Waals surface area contributed by atoms with Crippen molar-refractivity contribution in [3.63, 3.8) is 0 Å². The van der Waals surface area contributed by atoms with Gasteiger partial charge in [0.15, 0.2) is 0 Å². The molecule has 0 spiro atoms. The highest BCUT2D eigenvalue weighted by molar-refractivity contribution is 7.89. The molecule has 20 heavy (non-hydrogen) atoms. The van der Waals surface area contributed by atoms with Crippen molar-refractivity contribution < 1.29 is 28.2 Å². The van der Waals surface area contributed by atoms with Crippen molar-refractivity contribution in [3.8, 4) is 0 Å². The molecule has 0 aliphatic rings. The molecule has 7 nitrogen and oxygen atoms in total. The molecule has 1 atom stereocenters. The third-order valence-electron chi connectivity index (χ3n) is 2.31. The van der Waals surface area contributed by atoms with E-state index in [2.05, 4.69) is 0 Å². The van der Waals surface area contributed by atoms with Crippen molar-refractivity contribution in [2.75, 3.05) is 0 Å². The third-order valence-corrected chi connectivity index (χ3v) is 3.87. The Bertz CT molecular complexity index is 632. The predicted molar refractivity (Wildman–Crippen MR) is 70.5 cm³/mol. The molecule has 0 aromatic heterocycles. The number of carboxylic acid groups (broad SMARTS) is 2. The van der Waals surface area contributed by atoms with Gasteiger partial charge in [-0.1, -0.05) is 12.1 Å². The summed E-state index contributed by atoms with van der Waals surface area (Å²) in [5.74, 6) is -2.40. The number of rotatable bonds is 6. The SMILES string of the molecule is CC(NS(=O)(=O)c1ccc(/C=C/C(=O)O)cc1)C(=O)O. The maximum absolute atomic E-state index is 11.8. The minimum absolute atomic E-state index is 0.0990. The van der Waals surface area contributed by atoms with Gasteiger partial charge < -0.3 is 10.2 Å². The Kier molecular flexibility index (Phi) is 5.00. The summed E-state index contributed by atoms with van der Waals surface area (Å²) in [6, 6.07) is 4.11. The van der Waals surface area contributed by atoms with E-state index in [0.29, 0.717) is 5.56 Å². The average molecular weight is 299 g/mol. The first-order chi connectivity index (χ1) is 9.22. The maximum atomic E-state index is 11.8. The van der Waals surface area contributed by atoms with Gasteiger partial charge in [-0.05, 0) is 30.7 Å². The fourth-order valence-electron chi connectivity index (χ4n) is 1.28. The van der Waals surface area contributed by atoms with E-state index < -0.39 is 28.0 Å². The van der Waals surface area contributed by atoms with Crippen LogP contribution in [-0.2, 0) is 19.6 Å². The Balaban J connectivity index is 2.92. The van der Waals surface area contributed by atoms with Crippen LogP contribution in [0.15, 0.2) is 35.2 Å². The second kappa shape index (κ2) is 6.31. The first-order valence-electron chi connectivity index (χ1n) is 5.48. The molecule has 3 N–H and O–H groups in total. The topological polar surface area (TPSA) is 121 Å². The highest BCUT2D eigenvalue weighted by Gasteiger charge is 2.21. The van der Waals surface area contributed by atoms with E-state index in [4.69, 9.17) is 10.2 Å². The quantitative estimate of drug-likeness (QED) is 0.659. The summed E-state index contributed by atoms with van der Waals surface area (Å²) in [6.07, 6.45) is 2.24. The standard InChI is InChI=1S/C12H13NO6S/c1-8(12(16)17)13-20(18,19)10-5-2-9(3-6-10)4-7-11(14)15/h2-8,13H,1H3,(H,14,15)(H,16,17)/b7-4+. The van der Waals surface area contributed by atoms with Crippen molar-refractivity contribution >= 4 is 28.0 Å². The highest BCUT2D eigenvalue weighted by Crippen LogP contribution is 2.12. The number of hydrogen-bond donors (Lipinski definition) is 3. The molecule has 0 aliphatic carbocycles. The van der Waals surface area contributed by atoms with E-state index in [9.17, 15) is 18.0 Å². The second-order valence-corrected chi connectivity index (χ2v) is 5.64. The number of benzene rings is 1. The molecular formula is C12H13NO6S. The summed E-state index contributed by atoms with van der Waals surface area (Å²) in [5.41, 5.74) is 0.512. The zero-order valence-corrected chi connectivity index (χ0v) is 11.3. The number of carbonyl (C=O) groups is 2. The largest absolute Gasteiger partial charge is 0.480 e. The lowest BCUT2D eigenvalue weighted by Crippen LogP contribution is -2.38. The highest BCUT2D eigenvalue weighted by atomic mass is 32.2. The summed E-state index contributed by atoms with van der Waals surface area (Å²) in [6.45, 7) is 1.21. The van der Waals surface area contributed by atoms with Crippen molar-refractivity contribution in [3.05, 3.63) is 35.9 Å². The van der Waals surface area contributed by atoms with Gasteiger partial charge in [-0.15, -0.1) is 0 Å². The van der Waals surface area contributed by atoms with Gasteiger partial charge in [0, 0.05) is 6.08 Å². The van der Waals surface area contributed by atoms with E-state index in [1.54, 1.807) is 0 Å². The summed E-state index contributed by atoms with van der Waals surface area (Å²) >= 11 is 0. The second-order valence-electron chi connectivity index (χ2n) is 3.92. The maximum Gasteiger partial charge on any atom is 0.328 e. The van der Waals surface area contributed by atoms with Gasteiger partial charge in [0.1, 0.15) is 6.04 Å². The molecule has 8 heteroatoms. The number of nitrogens with one attached hydrogen (secondary N) is 1. The molecule has 1 unspecified atom stereocenters. The molecule has 0 saturated heterocycles. The Morgan fingerprint density at radius 1 is 1.20 bits per heavy atom. The lowest BCUT2D eigenvalue weighted by Gasteiger charge is -2.10. The van der Waals surface area contributed by atoms with E-state index in [1.807, 2.05) is 4.72 Å². The van der Waals surface area contributed by atoms with Crippen LogP contribution in [0.25, 0.3) is 6.08 Å². The first kappa shape index (κ1) is 15.9. The predicted octanol–water partition coefficient (Wildman–Crippen LogP) is 0.536. The van der Waals surface area contributed by atoms with Gasteiger partial charge in [-0.3, -0.25) is 4.79 Å². The van der Waals surface area contributed by atoms with Crippen LogP contribution in [0.1, 0.15) is 12.5 Å². The molecule has 0 bridgehead atoms. The van der Waals surface area contributed by atoms with E-state index in [-0.39, 0.29) is 4.90 Å². The molecule has 1 rings (SSSR count). The molecule has 0 amide bonds. The summed E-state index contributed by atoms with van der Waals surface area (Å²) in [5, 5.41) is 17.1. The molecule has 1 aromatic rings. The smallest absolute Gasteiger partial charge is 0.328 e. The Hall–Kier alpha value is -2.19. The average Bonchev–Trinajstić information content (AvgIpc) is 2.36. The fourth-order valence-corrected chi connectivity index (χ4v) is 2.47. The van der Waals surface area contributed by atoms with Crippen molar-refractivity contribution in [1.82, 2.24) is 4.72 Å². The minimum atomic E-state index is -3.92. The Morgan fingerprint density at radius 2 is 1.75 bits per heavy atom. The molecule has 108 valence electrons. The van der Waals surface area contributed by atoms with Crippen LogP contribution in [0.2, 0.25) is 0 Å². The van der Waals surface area contributed by atoms with Gasteiger partial charge in [-0.2, -0.15) is 4.72 Å². The van der Waals surface area contributed by atoms with Crippen LogP contribution in [-0.4, -0.2) is 36.6 Å². The van der Waals surface area contributed by atoms with Crippen molar-refractivity contribution in [2.24, 2.45) is 0 Å². The molecular weight excluding hydrogens is 286 g/mol. The van der Waals surface area contributed by atoms with Crippen molar-refractivity contribution in [1.29, 1.82) is 0 Å². The zero-order valence-electron chi connectivity index (χ0n) is 10.5. The van der Waals surface area contributed by atoms with E-state index in [0.717, 1.165) is 6.08 Å². The van der Waals surface area contributed by atoms with Gasteiger partial charge in [0.05, 0.1) is 4.90 Å². The molecule has 1 aromatic carbocycles. The Labute approximate surface area is 115 Å². The zero-order chi connectivity index (χ0) is 15.3. The molecule has 0 saturated carbocycles.